The Bertz CT molecular complexity index is 414. The molecule has 1 saturated carbocycles. The van der Waals surface area contributed by atoms with E-state index in [-0.39, 0.29) is 11.6 Å². The predicted octanol–water partition coefficient (Wildman–Crippen LogP) is 3.14. The largest absolute Gasteiger partial charge is 0.382 e. The lowest BCUT2D eigenvalue weighted by atomic mass is 10.2. The van der Waals surface area contributed by atoms with Gasteiger partial charge < -0.3 is 10.6 Å². The molecule has 2 N–H and O–H groups in total. The smallest absolute Gasteiger partial charge is 0.221 e. The summed E-state index contributed by atoms with van der Waals surface area (Å²) >= 11 is 0. The van der Waals surface area contributed by atoms with E-state index < -0.39 is 5.82 Å². The first-order valence-electron chi connectivity index (χ1n) is 5.99. The summed E-state index contributed by atoms with van der Waals surface area (Å²) in [6.45, 7) is 1.37. The number of nitrogens with one attached hydrogen (secondary N) is 2. The van der Waals surface area contributed by atoms with Gasteiger partial charge in [-0.2, -0.15) is 0 Å². The van der Waals surface area contributed by atoms with Crippen molar-refractivity contribution in [1.29, 1.82) is 0 Å². The fourth-order valence-corrected chi connectivity index (χ4v) is 2.21. The Kier molecular flexibility index (Phi) is 3.61. The summed E-state index contributed by atoms with van der Waals surface area (Å²) in [6, 6.07) is 5.21. The molecular weight excluding hydrogens is 219 g/mol. The lowest BCUT2D eigenvalue weighted by Gasteiger charge is -2.14. The predicted molar refractivity (Wildman–Crippen MR) is 66.6 cm³/mol. The van der Waals surface area contributed by atoms with E-state index in [0.29, 0.717) is 6.04 Å². The van der Waals surface area contributed by atoms with Crippen LogP contribution in [0.2, 0.25) is 0 Å². The number of amides is 1. The number of halogens is 1. The fourth-order valence-electron chi connectivity index (χ4n) is 2.21. The molecule has 0 spiro atoms. The van der Waals surface area contributed by atoms with E-state index in [2.05, 4.69) is 10.6 Å². The van der Waals surface area contributed by atoms with Crippen LogP contribution in [0.1, 0.15) is 32.6 Å². The Morgan fingerprint density at radius 1 is 1.35 bits per heavy atom. The van der Waals surface area contributed by atoms with Crippen LogP contribution in [0.5, 0.6) is 0 Å². The van der Waals surface area contributed by atoms with Crippen LogP contribution in [0, 0.1) is 5.82 Å². The van der Waals surface area contributed by atoms with Crippen LogP contribution in [0.3, 0.4) is 0 Å². The number of hydrogen-bond acceptors (Lipinski definition) is 2. The van der Waals surface area contributed by atoms with Crippen molar-refractivity contribution in [1.82, 2.24) is 0 Å². The topological polar surface area (TPSA) is 41.1 Å². The van der Waals surface area contributed by atoms with Crippen molar-refractivity contribution in [2.75, 3.05) is 10.6 Å². The number of benzene rings is 1. The van der Waals surface area contributed by atoms with Crippen LogP contribution in [0.15, 0.2) is 18.2 Å². The number of hydrogen-bond donors (Lipinski definition) is 2. The minimum absolute atomic E-state index is 0.237. The fraction of sp³-hybridized carbons (Fsp3) is 0.462. The summed E-state index contributed by atoms with van der Waals surface area (Å²) in [5.74, 6) is -0.668. The summed E-state index contributed by atoms with van der Waals surface area (Å²) in [7, 11) is 0. The molecule has 2 rings (SSSR count). The van der Waals surface area contributed by atoms with Gasteiger partial charge in [-0.25, -0.2) is 4.39 Å². The number of rotatable bonds is 3. The molecule has 1 aliphatic rings. The van der Waals surface area contributed by atoms with Crippen LogP contribution < -0.4 is 10.6 Å². The van der Waals surface area contributed by atoms with Crippen molar-refractivity contribution in [2.24, 2.45) is 0 Å². The van der Waals surface area contributed by atoms with Crippen molar-refractivity contribution in [3.05, 3.63) is 24.0 Å². The molecule has 92 valence electrons. The Labute approximate surface area is 100 Å². The third-order valence-corrected chi connectivity index (χ3v) is 3.00. The van der Waals surface area contributed by atoms with Gasteiger partial charge in [0.15, 0.2) is 0 Å². The summed E-state index contributed by atoms with van der Waals surface area (Å²) < 4.78 is 13.4. The van der Waals surface area contributed by atoms with Gasteiger partial charge in [-0.15, -0.1) is 0 Å². The molecule has 17 heavy (non-hydrogen) atoms. The second-order valence-corrected chi connectivity index (χ2v) is 4.50. The Morgan fingerprint density at radius 2 is 2.06 bits per heavy atom. The Hall–Kier alpha value is -1.58. The molecule has 1 fully saturated rings. The van der Waals surface area contributed by atoms with E-state index in [9.17, 15) is 9.18 Å². The van der Waals surface area contributed by atoms with Crippen molar-refractivity contribution in [2.45, 2.75) is 38.6 Å². The first-order chi connectivity index (χ1) is 8.15. The summed E-state index contributed by atoms with van der Waals surface area (Å²) in [5.41, 5.74) is 1.10. The van der Waals surface area contributed by atoms with Crippen LogP contribution in [-0.2, 0) is 4.79 Å². The maximum Gasteiger partial charge on any atom is 0.221 e. The van der Waals surface area contributed by atoms with Crippen molar-refractivity contribution >= 4 is 17.3 Å². The SMILES string of the molecule is CC(=O)Nc1cc(NC2CCCC2)ccc1F. The van der Waals surface area contributed by atoms with Crippen LogP contribution >= 0.6 is 0 Å². The normalized spacial score (nSPS) is 15.9. The molecule has 0 atom stereocenters. The number of carbonyl (C=O) groups excluding carboxylic acids is 1. The molecule has 0 saturated heterocycles. The van der Waals surface area contributed by atoms with Gasteiger partial charge >= 0.3 is 0 Å². The monoisotopic (exact) mass is 236 g/mol. The van der Waals surface area contributed by atoms with Gasteiger partial charge in [0, 0.05) is 18.7 Å². The zero-order chi connectivity index (χ0) is 12.3. The van der Waals surface area contributed by atoms with Gasteiger partial charge in [0.1, 0.15) is 5.82 Å². The summed E-state index contributed by atoms with van der Waals surface area (Å²) in [5, 5.41) is 5.85. The molecule has 0 bridgehead atoms. The van der Waals surface area contributed by atoms with E-state index in [0.717, 1.165) is 18.5 Å². The molecule has 4 heteroatoms. The molecule has 0 heterocycles. The summed E-state index contributed by atoms with van der Waals surface area (Å²) in [6.07, 6.45) is 4.81. The minimum Gasteiger partial charge on any atom is -0.382 e. The highest BCUT2D eigenvalue weighted by Crippen LogP contribution is 2.25. The highest BCUT2D eigenvalue weighted by atomic mass is 19.1. The molecule has 3 nitrogen and oxygen atoms in total. The van der Waals surface area contributed by atoms with Crippen LogP contribution in [0.25, 0.3) is 0 Å². The first-order valence-corrected chi connectivity index (χ1v) is 5.99. The van der Waals surface area contributed by atoms with Crippen molar-refractivity contribution in [3.8, 4) is 0 Å². The lowest BCUT2D eigenvalue weighted by molar-refractivity contribution is -0.114. The van der Waals surface area contributed by atoms with Crippen LogP contribution in [-0.4, -0.2) is 11.9 Å². The number of carbonyl (C=O) groups is 1. The van der Waals surface area contributed by atoms with E-state index in [1.807, 2.05) is 0 Å². The molecule has 1 amide bonds. The zero-order valence-corrected chi connectivity index (χ0v) is 9.92. The van der Waals surface area contributed by atoms with Gasteiger partial charge in [0.25, 0.3) is 0 Å². The third-order valence-electron chi connectivity index (χ3n) is 3.00. The molecule has 1 aliphatic carbocycles. The highest BCUT2D eigenvalue weighted by molar-refractivity contribution is 5.89. The minimum atomic E-state index is -0.405. The second kappa shape index (κ2) is 5.17. The molecule has 0 aromatic heterocycles. The second-order valence-electron chi connectivity index (χ2n) is 4.50. The first kappa shape index (κ1) is 11.9. The quantitative estimate of drug-likeness (QED) is 0.846. The maximum atomic E-state index is 13.4. The van der Waals surface area contributed by atoms with E-state index in [4.69, 9.17) is 0 Å². The highest BCUT2D eigenvalue weighted by Gasteiger charge is 2.15. The average molecular weight is 236 g/mol. The van der Waals surface area contributed by atoms with Crippen LogP contribution in [0.4, 0.5) is 15.8 Å². The Morgan fingerprint density at radius 3 is 2.71 bits per heavy atom. The van der Waals surface area contributed by atoms with Gasteiger partial charge in [-0.05, 0) is 31.0 Å². The van der Waals surface area contributed by atoms with E-state index in [1.54, 1.807) is 12.1 Å². The molecule has 0 aliphatic heterocycles. The van der Waals surface area contributed by atoms with Gasteiger partial charge in [-0.3, -0.25) is 4.79 Å². The molecular formula is C13H17FN2O. The summed E-state index contributed by atoms with van der Waals surface area (Å²) in [4.78, 5) is 10.9. The number of anilines is 2. The van der Waals surface area contributed by atoms with E-state index >= 15 is 0 Å². The maximum absolute atomic E-state index is 13.4. The molecule has 1 aromatic rings. The zero-order valence-electron chi connectivity index (χ0n) is 9.92. The lowest BCUT2D eigenvalue weighted by Crippen LogP contribution is -2.15. The third kappa shape index (κ3) is 3.19. The van der Waals surface area contributed by atoms with Crippen molar-refractivity contribution in [3.63, 3.8) is 0 Å². The molecule has 0 radical (unpaired) electrons. The van der Waals surface area contributed by atoms with Gasteiger partial charge in [-0.1, -0.05) is 12.8 Å². The van der Waals surface area contributed by atoms with E-state index in [1.165, 1.54) is 25.8 Å². The average Bonchev–Trinajstić information content (AvgIpc) is 2.75. The standard InChI is InChI=1S/C13H17FN2O/c1-9(17)15-13-8-11(6-7-12(13)14)16-10-4-2-3-5-10/h6-8,10,16H,2-5H2,1H3,(H,15,17). The molecule has 0 unspecified atom stereocenters. The molecule has 1 aromatic carbocycles. The van der Waals surface area contributed by atoms with Gasteiger partial charge in [0.05, 0.1) is 5.69 Å². The Balaban J connectivity index is 2.09. The van der Waals surface area contributed by atoms with Crippen molar-refractivity contribution < 1.29 is 9.18 Å². The van der Waals surface area contributed by atoms with Gasteiger partial charge in [0.2, 0.25) is 5.91 Å².